The van der Waals surface area contributed by atoms with Gasteiger partial charge in [-0.05, 0) is 24.3 Å². The first-order valence-electron chi connectivity index (χ1n) is 10.6. The second-order valence-corrected chi connectivity index (χ2v) is 9.77. The van der Waals surface area contributed by atoms with E-state index in [4.69, 9.17) is 9.15 Å². The van der Waals surface area contributed by atoms with E-state index in [0.29, 0.717) is 17.7 Å². The molecular weight excluding hydrogens is 477 g/mol. The number of aryl methyl sites for hydroxylation is 1. The molecule has 0 unspecified atom stereocenters. The third-order valence-corrected chi connectivity index (χ3v) is 7.75. The molecular formula is C23H20FN5O5S. The zero-order valence-electron chi connectivity index (χ0n) is 18.8. The zero-order chi connectivity index (χ0) is 24.7. The molecule has 0 fully saturated rings. The number of fused-ring (bicyclic) bond motifs is 1. The normalized spacial score (nSPS) is 14.0. The molecule has 0 aliphatic carbocycles. The Morgan fingerprint density at radius 3 is 2.57 bits per heavy atom. The average molecular weight is 498 g/mol. The van der Waals surface area contributed by atoms with Crippen molar-refractivity contribution in [2.45, 2.75) is 17.9 Å². The van der Waals surface area contributed by atoms with Crippen LogP contribution in [0, 0.1) is 5.82 Å². The molecule has 2 aromatic heterocycles. The molecule has 0 N–H and O–H groups in total. The molecule has 4 aromatic rings. The van der Waals surface area contributed by atoms with Crippen LogP contribution in [0.3, 0.4) is 0 Å². The lowest BCUT2D eigenvalue weighted by atomic mass is 10.1. The predicted molar refractivity (Wildman–Crippen MR) is 121 cm³/mol. The Labute approximate surface area is 200 Å². The van der Waals surface area contributed by atoms with Crippen molar-refractivity contribution in [1.29, 1.82) is 0 Å². The number of hydrogen-bond acceptors (Lipinski definition) is 8. The minimum Gasteiger partial charge on any atom is -0.465 e. The van der Waals surface area contributed by atoms with Crippen molar-refractivity contribution >= 4 is 16.0 Å². The molecule has 0 radical (unpaired) electrons. The van der Waals surface area contributed by atoms with Gasteiger partial charge in [0.05, 0.1) is 23.1 Å². The summed E-state index contributed by atoms with van der Waals surface area (Å²) in [6, 6.07) is 11.9. The molecule has 10 nitrogen and oxygen atoms in total. The van der Waals surface area contributed by atoms with Crippen LogP contribution >= 0.6 is 0 Å². The van der Waals surface area contributed by atoms with E-state index in [1.807, 2.05) is 0 Å². The Hall–Kier alpha value is -3.90. The van der Waals surface area contributed by atoms with Crippen molar-refractivity contribution in [2.75, 3.05) is 13.7 Å². The Balaban J connectivity index is 1.52. The first-order valence-corrected chi connectivity index (χ1v) is 12.1. The molecule has 0 bridgehead atoms. The third-order valence-electron chi connectivity index (χ3n) is 5.85. The number of benzene rings is 2. The second kappa shape index (κ2) is 8.71. The van der Waals surface area contributed by atoms with Gasteiger partial charge in [0.25, 0.3) is 11.8 Å². The molecule has 0 amide bonds. The van der Waals surface area contributed by atoms with Crippen LogP contribution in [-0.2, 0) is 34.8 Å². The van der Waals surface area contributed by atoms with Crippen molar-refractivity contribution in [3.8, 4) is 23.0 Å². The summed E-state index contributed by atoms with van der Waals surface area (Å²) < 4.78 is 54.6. The van der Waals surface area contributed by atoms with Gasteiger partial charge >= 0.3 is 5.97 Å². The van der Waals surface area contributed by atoms with Gasteiger partial charge in [0.2, 0.25) is 10.0 Å². The maximum absolute atomic E-state index is 14.2. The molecule has 1 aliphatic heterocycles. The molecule has 0 saturated carbocycles. The molecule has 0 saturated heterocycles. The average Bonchev–Trinajstić information content (AvgIpc) is 3.48. The number of nitrogens with zero attached hydrogens (tertiary/aromatic N) is 5. The van der Waals surface area contributed by atoms with Crippen LogP contribution in [0.15, 0.2) is 57.8 Å². The van der Waals surface area contributed by atoms with Gasteiger partial charge in [-0.2, -0.15) is 9.40 Å². The molecule has 0 spiro atoms. The minimum absolute atomic E-state index is 0.00945. The van der Waals surface area contributed by atoms with Crippen molar-refractivity contribution in [3.63, 3.8) is 0 Å². The topological polar surface area (TPSA) is 120 Å². The Kier molecular flexibility index (Phi) is 5.69. The van der Waals surface area contributed by atoms with Crippen LogP contribution in [0.5, 0.6) is 0 Å². The van der Waals surface area contributed by atoms with E-state index >= 15 is 0 Å². The first kappa shape index (κ1) is 22.9. The monoisotopic (exact) mass is 497 g/mol. The second-order valence-electron chi connectivity index (χ2n) is 7.87. The number of ether oxygens (including phenoxy) is 1. The van der Waals surface area contributed by atoms with Gasteiger partial charge in [-0.15, -0.1) is 10.2 Å². The smallest absolute Gasteiger partial charge is 0.339 e. The summed E-state index contributed by atoms with van der Waals surface area (Å²) in [6.45, 7) is 0.169. The Bertz CT molecular complexity index is 1550. The van der Waals surface area contributed by atoms with E-state index in [-0.39, 0.29) is 40.9 Å². The van der Waals surface area contributed by atoms with Crippen LogP contribution < -0.4 is 0 Å². The fraction of sp³-hybridized carbons (Fsp3) is 0.217. The van der Waals surface area contributed by atoms with Crippen LogP contribution in [-0.4, -0.2) is 52.3 Å². The number of sulfonamides is 1. The molecule has 1 aliphatic rings. The van der Waals surface area contributed by atoms with Crippen molar-refractivity contribution in [3.05, 3.63) is 71.2 Å². The van der Waals surface area contributed by atoms with Crippen molar-refractivity contribution < 1.29 is 26.8 Å². The summed E-state index contributed by atoms with van der Waals surface area (Å²) in [4.78, 5) is 12.0. The number of esters is 1. The van der Waals surface area contributed by atoms with Gasteiger partial charge in [0.15, 0.2) is 5.69 Å². The van der Waals surface area contributed by atoms with E-state index in [1.165, 1.54) is 35.7 Å². The van der Waals surface area contributed by atoms with E-state index in [1.54, 1.807) is 36.0 Å². The van der Waals surface area contributed by atoms with Gasteiger partial charge in [0.1, 0.15) is 5.82 Å². The Morgan fingerprint density at radius 1 is 1.09 bits per heavy atom. The number of aromatic nitrogens is 4. The number of methoxy groups -OCH3 is 1. The fourth-order valence-corrected chi connectivity index (χ4v) is 5.70. The molecule has 5 rings (SSSR count). The summed E-state index contributed by atoms with van der Waals surface area (Å²) in [6.07, 6.45) is 0.382. The van der Waals surface area contributed by atoms with Crippen LogP contribution in [0.4, 0.5) is 4.39 Å². The SMILES string of the molecule is COC(=O)c1ccccc1S(=O)(=O)N1CCc2c(c(-c3nnc(-c4ccccc4F)o3)nn2C)C1. The van der Waals surface area contributed by atoms with Crippen molar-refractivity contribution in [2.24, 2.45) is 7.05 Å². The molecule has 180 valence electrons. The number of carbonyl (C=O) groups is 1. The maximum atomic E-state index is 14.2. The standard InChI is InChI=1S/C23H20FN5O5S/c1-28-18-11-12-29(35(31,32)19-10-6-4-8-15(19)23(30)33-2)13-16(18)20(27-28)22-26-25-21(34-22)14-7-3-5-9-17(14)24/h3-10H,11-13H2,1-2H3. The summed E-state index contributed by atoms with van der Waals surface area (Å²) in [5, 5.41) is 12.5. The number of rotatable bonds is 5. The zero-order valence-corrected chi connectivity index (χ0v) is 19.6. The van der Waals surface area contributed by atoms with E-state index < -0.39 is 21.8 Å². The van der Waals surface area contributed by atoms with Crippen LogP contribution in [0.1, 0.15) is 21.6 Å². The number of hydrogen-bond donors (Lipinski definition) is 0. The lowest BCUT2D eigenvalue weighted by molar-refractivity contribution is 0.0596. The van der Waals surface area contributed by atoms with E-state index in [9.17, 15) is 17.6 Å². The van der Waals surface area contributed by atoms with Gasteiger partial charge < -0.3 is 9.15 Å². The number of carbonyl (C=O) groups excluding carboxylic acids is 1. The quantitative estimate of drug-likeness (QED) is 0.386. The van der Waals surface area contributed by atoms with Gasteiger partial charge in [-0.25, -0.2) is 17.6 Å². The molecule has 3 heterocycles. The Morgan fingerprint density at radius 2 is 1.80 bits per heavy atom. The summed E-state index contributed by atoms with van der Waals surface area (Å²) in [5.74, 6) is -1.21. The maximum Gasteiger partial charge on any atom is 0.339 e. The first-order chi connectivity index (χ1) is 16.8. The summed E-state index contributed by atoms with van der Waals surface area (Å²) in [5.41, 5.74) is 1.84. The van der Waals surface area contributed by atoms with E-state index in [0.717, 1.165) is 5.69 Å². The van der Waals surface area contributed by atoms with Gasteiger partial charge in [0, 0.05) is 37.8 Å². The van der Waals surface area contributed by atoms with Crippen molar-refractivity contribution in [1.82, 2.24) is 24.3 Å². The lowest BCUT2D eigenvalue weighted by Gasteiger charge is -2.27. The predicted octanol–water partition coefficient (Wildman–Crippen LogP) is 2.81. The fourth-order valence-electron chi connectivity index (χ4n) is 4.12. The van der Waals surface area contributed by atoms with Crippen LogP contribution in [0.2, 0.25) is 0 Å². The molecule has 35 heavy (non-hydrogen) atoms. The van der Waals surface area contributed by atoms with Gasteiger partial charge in [-0.1, -0.05) is 24.3 Å². The van der Waals surface area contributed by atoms with E-state index in [2.05, 4.69) is 15.3 Å². The highest BCUT2D eigenvalue weighted by Crippen LogP contribution is 2.33. The van der Waals surface area contributed by atoms with Gasteiger partial charge in [-0.3, -0.25) is 4.68 Å². The highest BCUT2D eigenvalue weighted by molar-refractivity contribution is 7.89. The molecule has 0 atom stereocenters. The highest BCUT2D eigenvalue weighted by atomic mass is 32.2. The number of halogens is 1. The molecule has 2 aromatic carbocycles. The minimum atomic E-state index is -4.04. The molecule has 12 heteroatoms. The lowest BCUT2D eigenvalue weighted by Crippen LogP contribution is -2.37. The summed E-state index contributed by atoms with van der Waals surface area (Å²) >= 11 is 0. The summed E-state index contributed by atoms with van der Waals surface area (Å²) in [7, 11) is -1.11. The highest BCUT2D eigenvalue weighted by Gasteiger charge is 2.35. The van der Waals surface area contributed by atoms with Crippen LogP contribution in [0.25, 0.3) is 23.0 Å². The third kappa shape index (κ3) is 3.90. The largest absolute Gasteiger partial charge is 0.465 e.